The van der Waals surface area contributed by atoms with Crippen LogP contribution in [0.3, 0.4) is 0 Å². The fraction of sp³-hybridized carbons (Fsp3) is 0.0667. The smallest absolute Gasteiger partial charge is 0.222 e. The van der Waals surface area contributed by atoms with Gasteiger partial charge in [0.25, 0.3) is 0 Å². The first-order valence-corrected chi connectivity index (χ1v) is 6.33. The van der Waals surface area contributed by atoms with E-state index in [4.69, 9.17) is 5.73 Å². The summed E-state index contributed by atoms with van der Waals surface area (Å²) in [6.45, 7) is 0.101. The summed E-state index contributed by atoms with van der Waals surface area (Å²) in [4.78, 5) is 8.22. The van der Waals surface area contributed by atoms with Gasteiger partial charge in [-0.05, 0) is 30.3 Å². The van der Waals surface area contributed by atoms with Gasteiger partial charge in [-0.3, -0.25) is 0 Å². The molecular weight excluding hydrogens is 274 g/mol. The second kappa shape index (κ2) is 5.32. The van der Waals surface area contributed by atoms with Crippen LogP contribution in [0.15, 0.2) is 42.5 Å². The molecule has 0 amide bonds. The Labute approximate surface area is 119 Å². The lowest BCUT2D eigenvalue weighted by molar-refractivity contribution is 0.587. The van der Waals surface area contributed by atoms with Gasteiger partial charge in [0.1, 0.15) is 17.5 Å². The lowest BCUT2D eigenvalue weighted by Gasteiger charge is -2.10. The summed E-state index contributed by atoms with van der Waals surface area (Å²) in [5.74, 6) is -0.354. The van der Waals surface area contributed by atoms with Gasteiger partial charge in [0.15, 0.2) is 0 Å². The molecule has 1 aromatic heterocycles. The van der Waals surface area contributed by atoms with Crippen LogP contribution in [0.5, 0.6) is 0 Å². The lowest BCUT2D eigenvalue weighted by Crippen LogP contribution is -2.07. The second-order valence-corrected chi connectivity index (χ2v) is 4.54. The summed E-state index contributed by atoms with van der Waals surface area (Å²) < 4.78 is 26.8. The van der Waals surface area contributed by atoms with E-state index in [1.807, 2.05) is 18.2 Å². The van der Waals surface area contributed by atoms with Gasteiger partial charge in [0.05, 0.1) is 5.52 Å². The van der Waals surface area contributed by atoms with E-state index in [0.29, 0.717) is 11.3 Å². The maximum Gasteiger partial charge on any atom is 0.222 e. The zero-order valence-electron chi connectivity index (χ0n) is 11.0. The number of nitrogens with one attached hydrogen (secondary N) is 1. The van der Waals surface area contributed by atoms with Crippen LogP contribution in [0.2, 0.25) is 0 Å². The van der Waals surface area contributed by atoms with Crippen LogP contribution in [0.1, 0.15) is 5.56 Å². The number of nitrogens with zero attached hydrogens (tertiary/aromatic N) is 2. The molecule has 2 aromatic carbocycles. The molecule has 3 N–H and O–H groups in total. The van der Waals surface area contributed by atoms with Crippen molar-refractivity contribution in [1.82, 2.24) is 9.97 Å². The molecule has 106 valence electrons. The predicted molar refractivity (Wildman–Crippen MR) is 77.6 cm³/mol. The van der Waals surface area contributed by atoms with Crippen LogP contribution >= 0.6 is 0 Å². The fourth-order valence-corrected chi connectivity index (χ4v) is 2.09. The SMILES string of the molecule is Nc1nc(NCc2cc(F)ccc2F)c2ccccc2n1. The Morgan fingerprint density at radius 1 is 1.05 bits per heavy atom. The third-order valence-electron chi connectivity index (χ3n) is 3.07. The molecule has 3 aromatic rings. The normalized spacial score (nSPS) is 10.8. The minimum Gasteiger partial charge on any atom is -0.368 e. The Balaban J connectivity index is 1.93. The molecule has 0 fully saturated rings. The van der Waals surface area contributed by atoms with Crippen molar-refractivity contribution in [2.75, 3.05) is 11.1 Å². The van der Waals surface area contributed by atoms with Crippen molar-refractivity contribution in [3.05, 3.63) is 59.7 Å². The highest BCUT2D eigenvalue weighted by molar-refractivity contribution is 5.89. The summed E-state index contributed by atoms with van der Waals surface area (Å²) >= 11 is 0. The van der Waals surface area contributed by atoms with Gasteiger partial charge < -0.3 is 11.1 Å². The first kappa shape index (κ1) is 13.2. The summed E-state index contributed by atoms with van der Waals surface area (Å²) in [5.41, 5.74) is 6.56. The number of nitrogens with two attached hydrogens (primary N) is 1. The quantitative estimate of drug-likeness (QED) is 0.776. The minimum atomic E-state index is -0.486. The molecule has 4 nitrogen and oxygen atoms in total. The number of anilines is 2. The molecule has 0 aliphatic carbocycles. The maximum absolute atomic E-state index is 13.6. The van der Waals surface area contributed by atoms with Crippen LogP contribution in [0.4, 0.5) is 20.5 Å². The molecule has 3 rings (SSSR count). The van der Waals surface area contributed by atoms with Crippen molar-refractivity contribution in [3.8, 4) is 0 Å². The van der Waals surface area contributed by atoms with Crippen molar-refractivity contribution in [1.29, 1.82) is 0 Å². The Hall–Kier alpha value is -2.76. The number of para-hydroxylation sites is 1. The first-order chi connectivity index (χ1) is 10.1. The Morgan fingerprint density at radius 2 is 1.86 bits per heavy atom. The van der Waals surface area contributed by atoms with Gasteiger partial charge in [-0.15, -0.1) is 0 Å². The zero-order valence-corrected chi connectivity index (χ0v) is 11.0. The lowest BCUT2D eigenvalue weighted by atomic mass is 10.2. The molecule has 0 saturated carbocycles. The molecule has 0 bridgehead atoms. The largest absolute Gasteiger partial charge is 0.368 e. The highest BCUT2D eigenvalue weighted by atomic mass is 19.1. The molecule has 0 unspecified atom stereocenters. The summed E-state index contributed by atoms with van der Waals surface area (Å²) in [7, 11) is 0. The maximum atomic E-state index is 13.6. The summed E-state index contributed by atoms with van der Waals surface area (Å²) in [6.07, 6.45) is 0. The fourth-order valence-electron chi connectivity index (χ4n) is 2.09. The van der Waals surface area contributed by atoms with E-state index < -0.39 is 11.6 Å². The molecular formula is C15H12F2N4. The number of nitrogen functional groups attached to an aromatic ring is 1. The van der Waals surface area contributed by atoms with Crippen molar-refractivity contribution in [2.24, 2.45) is 0 Å². The van der Waals surface area contributed by atoms with Crippen LogP contribution < -0.4 is 11.1 Å². The number of aromatic nitrogens is 2. The average molecular weight is 286 g/mol. The Morgan fingerprint density at radius 3 is 2.71 bits per heavy atom. The van der Waals surface area contributed by atoms with E-state index in [9.17, 15) is 8.78 Å². The molecule has 0 spiro atoms. The third-order valence-corrected chi connectivity index (χ3v) is 3.07. The highest BCUT2D eigenvalue weighted by Gasteiger charge is 2.08. The van der Waals surface area contributed by atoms with Gasteiger partial charge in [-0.25, -0.2) is 13.8 Å². The van der Waals surface area contributed by atoms with E-state index in [2.05, 4.69) is 15.3 Å². The zero-order chi connectivity index (χ0) is 14.8. The number of rotatable bonds is 3. The van der Waals surface area contributed by atoms with Crippen molar-refractivity contribution < 1.29 is 8.78 Å². The topological polar surface area (TPSA) is 63.8 Å². The van der Waals surface area contributed by atoms with Crippen LogP contribution in [-0.2, 0) is 6.54 Å². The van der Waals surface area contributed by atoms with E-state index >= 15 is 0 Å². The van der Waals surface area contributed by atoms with E-state index in [1.54, 1.807) is 6.07 Å². The Bertz CT molecular complexity index is 805. The number of halogens is 2. The van der Waals surface area contributed by atoms with Gasteiger partial charge in [0, 0.05) is 17.5 Å². The van der Waals surface area contributed by atoms with Crippen LogP contribution in [0, 0.1) is 11.6 Å². The minimum absolute atomic E-state index is 0.101. The molecule has 0 atom stereocenters. The third kappa shape index (κ3) is 2.74. The number of hydrogen-bond acceptors (Lipinski definition) is 4. The number of hydrogen-bond donors (Lipinski definition) is 2. The molecule has 0 aliphatic rings. The molecule has 0 radical (unpaired) electrons. The van der Waals surface area contributed by atoms with E-state index in [1.165, 1.54) is 0 Å². The van der Waals surface area contributed by atoms with Crippen molar-refractivity contribution in [3.63, 3.8) is 0 Å². The summed E-state index contributed by atoms with van der Waals surface area (Å²) in [6, 6.07) is 10.6. The first-order valence-electron chi connectivity index (χ1n) is 6.33. The van der Waals surface area contributed by atoms with Gasteiger partial charge in [-0.1, -0.05) is 12.1 Å². The summed E-state index contributed by atoms with van der Waals surface area (Å²) in [5, 5.41) is 3.74. The highest BCUT2D eigenvalue weighted by Crippen LogP contribution is 2.21. The average Bonchev–Trinajstić information content (AvgIpc) is 2.47. The van der Waals surface area contributed by atoms with E-state index in [0.717, 1.165) is 23.6 Å². The molecule has 0 saturated heterocycles. The van der Waals surface area contributed by atoms with Gasteiger partial charge in [-0.2, -0.15) is 4.98 Å². The second-order valence-electron chi connectivity index (χ2n) is 4.54. The predicted octanol–water partition coefficient (Wildman–Crippen LogP) is 3.10. The van der Waals surface area contributed by atoms with Crippen LogP contribution in [-0.4, -0.2) is 9.97 Å². The monoisotopic (exact) mass is 286 g/mol. The van der Waals surface area contributed by atoms with Crippen LogP contribution in [0.25, 0.3) is 10.9 Å². The number of fused-ring (bicyclic) bond motifs is 1. The van der Waals surface area contributed by atoms with Crippen molar-refractivity contribution in [2.45, 2.75) is 6.54 Å². The van der Waals surface area contributed by atoms with Crippen molar-refractivity contribution >= 4 is 22.7 Å². The number of benzene rings is 2. The standard InChI is InChI=1S/C15H12F2N4/c16-10-5-6-12(17)9(7-10)8-19-14-11-3-1-2-4-13(11)20-15(18)21-14/h1-7H,8H2,(H3,18,19,20,21). The Kier molecular flexibility index (Phi) is 3.35. The molecule has 21 heavy (non-hydrogen) atoms. The molecule has 1 heterocycles. The molecule has 0 aliphatic heterocycles. The van der Waals surface area contributed by atoms with E-state index in [-0.39, 0.29) is 18.1 Å². The van der Waals surface area contributed by atoms with Gasteiger partial charge >= 0.3 is 0 Å². The van der Waals surface area contributed by atoms with Gasteiger partial charge in [0.2, 0.25) is 5.95 Å². The molecule has 6 heteroatoms.